The molecule has 0 aliphatic carbocycles. The number of benzene rings is 2. The van der Waals surface area contributed by atoms with Gasteiger partial charge in [-0.25, -0.2) is 0 Å². The summed E-state index contributed by atoms with van der Waals surface area (Å²) in [6, 6.07) is 17.7. The maximum atomic E-state index is 13.0. The average Bonchev–Trinajstić information content (AvgIpc) is 3.23. The fraction of sp³-hybridized carbons (Fsp3) is 0.409. The molecular weight excluding hydrogens is 324 g/mol. The van der Waals surface area contributed by atoms with Gasteiger partial charge in [0.15, 0.2) is 0 Å². The molecule has 26 heavy (non-hydrogen) atoms. The average molecular weight is 350 g/mol. The van der Waals surface area contributed by atoms with Crippen LogP contribution in [0.4, 0.5) is 0 Å². The smallest absolute Gasteiger partial charge is 0.254 e. The Morgan fingerprint density at radius 1 is 0.885 bits per heavy atom. The van der Waals surface area contributed by atoms with Crippen LogP contribution in [-0.4, -0.2) is 47.9 Å². The Morgan fingerprint density at radius 2 is 1.65 bits per heavy atom. The van der Waals surface area contributed by atoms with Crippen molar-refractivity contribution in [2.24, 2.45) is 0 Å². The third-order valence-corrected chi connectivity index (χ3v) is 5.40. The van der Waals surface area contributed by atoms with Crippen LogP contribution in [0.1, 0.15) is 36.0 Å². The number of likely N-dealkylation sites (tertiary alicyclic amines) is 2. The summed E-state index contributed by atoms with van der Waals surface area (Å²) in [5.41, 5.74) is 0.709. The second kappa shape index (κ2) is 7.92. The second-order valence-electron chi connectivity index (χ2n) is 7.23. The standard InChI is InChI=1S/C22H26N2O2/c25-22(24-15-7-9-19(17-24)23-13-4-5-14-23)18-8-6-12-21(16-18)26-20-10-2-1-3-11-20/h1-3,6,8,10-12,16,19H,4-5,7,9,13-15,17H2. The molecule has 2 aromatic carbocycles. The Balaban J connectivity index is 1.44. The number of rotatable bonds is 4. The Bertz CT molecular complexity index is 741. The number of amides is 1. The van der Waals surface area contributed by atoms with Crippen LogP contribution >= 0.6 is 0 Å². The van der Waals surface area contributed by atoms with Crippen LogP contribution in [0.5, 0.6) is 11.5 Å². The molecule has 1 unspecified atom stereocenters. The van der Waals surface area contributed by atoms with E-state index in [4.69, 9.17) is 4.74 Å². The van der Waals surface area contributed by atoms with Gasteiger partial charge in [-0.2, -0.15) is 0 Å². The van der Waals surface area contributed by atoms with E-state index in [2.05, 4.69) is 4.90 Å². The number of nitrogens with zero attached hydrogens (tertiary/aromatic N) is 2. The van der Waals surface area contributed by atoms with E-state index in [0.717, 1.165) is 25.3 Å². The molecule has 0 radical (unpaired) electrons. The minimum atomic E-state index is 0.118. The normalized spacial score (nSPS) is 20.9. The number of carbonyl (C=O) groups is 1. The molecule has 0 spiro atoms. The van der Waals surface area contributed by atoms with Gasteiger partial charge in [0.05, 0.1) is 0 Å². The van der Waals surface area contributed by atoms with Gasteiger partial charge in [-0.3, -0.25) is 9.69 Å². The minimum Gasteiger partial charge on any atom is -0.457 e. The highest BCUT2D eigenvalue weighted by molar-refractivity contribution is 5.94. The van der Waals surface area contributed by atoms with Crippen LogP contribution in [0.25, 0.3) is 0 Å². The molecule has 0 N–H and O–H groups in total. The van der Waals surface area contributed by atoms with Crippen molar-refractivity contribution in [1.82, 2.24) is 9.80 Å². The lowest BCUT2D eigenvalue weighted by Gasteiger charge is -2.37. The van der Waals surface area contributed by atoms with Crippen molar-refractivity contribution >= 4 is 5.91 Å². The molecule has 2 fully saturated rings. The molecule has 2 heterocycles. The number of piperidine rings is 1. The fourth-order valence-corrected chi connectivity index (χ4v) is 4.04. The highest BCUT2D eigenvalue weighted by Gasteiger charge is 2.29. The summed E-state index contributed by atoms with van der Waals surface area (Å²) >= 11 is 0. The predicted molar refractivity (Wildman–Crippen MR) is 103 cm³/mol. The van der Waals surface area contributed by atoms with E-state index in [1.165, 1.54) is 32.4 Å². The summed E-state index contributed by atoms with van der Waals surface area (Å²) in [4.78, 5) is 17.6. The summed E-state index contributed by atoms with van der Waals surface area (Å²) < 4.78 is 5.88. The molecule has 136 valence electrons. The molecule has 1 amide bonds. The van der Waals surface area contributed by atoms with Crippen molar-refractivity contribution in [3.05, 3.63) is 60.2 Å². The van der Waals surface area contributed by atoms with Crippen LogP contribution in [0, 0.1) is 0 Å². The molecule has 2 saturated heterocycles. The first kappa shape index (κ1) is 17.1. The van der Waals surface area contributed by atoms with Gasteiger partial charge in [-0.05, 0) is 69.1 Å². The van der Waals surface area contributed by atoms with Gasteiger partial charge in [-0.1, -0.05) is 24.3 Å². The molecular formula is C22H26N2O2. The third kappa shape index (κ3) is 3.91. The summed E-state index contributed by atoms with van der Waals surface area (Å²) in [5, 5.41) is 0. The molecule has 0 bridgehead atoms. The molecule has 0 aromatic heterocycles. The highest BCUT2D eigenvalue weighted by Crippen LogP contribution is 2.25. The van der Waals surface area contributed by atoms with Crippen molar-refractivity contribution in [3.8, 4) is 11.5 Å². The van der Waals surface area contributed by atoms with Gasteiger partial charge in [0.1, 0.15) is 11.5 Å². The van der Waals surface area contributed by atoms with E-state index in [-0.39, 0.29) is 5.91 Å². The van der Waals surface area contributed by atoms with Gasteiger partial charge in [-0.15, -0.1) is 0 Å². The van der Waals surface area contributed by atoms with Crippen molar-refractivity contribution in [2.75, 3.05) is 26.2 Å². The van der Waals surface area contributed by atoms with Crippen LogP contribution in [0.15, 0.2) is 54.6 Å². The van der Waals surface area contributed by atoms with Gasteiger partial charge in [0.25, 0.3) is 5.91 Å². The first-order valence-electron chi connectivity index (χ1n) is 9.66. The zero-order valence-electron chi connectivity index (χ0n) is 15.1. The van der Waals surface area contributed by atoms with Crippen LogP contribution in [0.2, 0.25) is 0 Å². The molecule has 2 aliphatic heterocycles. The van der Waals surface area contributed by atoms with Gasteiger partial charge < -0.3 is 9.64 Å². The molecule has 1 atom stereocenters. The van der Waals surface area contributed by atoms with E-state index in [9.17, 15) is 4.79 Å². The topological polar surface area (TPSA) is 32.8 Å². The molecule has 2 aromatic rings. The SMILES string of the molecule is O=C(c1cccc(Oc2ccccc2)c1)N1CCCC(N2CCCC2)C1. The zero-order valence-corrected chi connectivity index (χ0v) is 15.1. The number of ether oxygens (including phenoxy) is 1. The summed E-state index contributed by atoms with van der Waals surface area (Å²) in [6.45, 7) is 4.08. The predicted octanol–water partition coefficient (Wildman–Crippen LogP) is 4.18. The highest BCUT2D eigenvalue weighted by atomic mass is 16.5. The van der Waals surface area contributed by atoms with Crippen molar-refractivity contribution in [1.29, 1.82) is 0 Å². The maximum Gasteiger partial charge on any atom is 0.254 e. The van der Waals surface area contributed by atoms with E-state index >= 15 is 0 Å². The quantitative estimate of drug-likeness (QED) is 0.829. The van der Waals surface area contributed by atoms with Crippen LogP contribution in [0.3, 0.4) is 0 Å². The molecule has 4 nitrogen and oxygen atoms in total. The Labute approximate surface area is 155 Å². The number of hydrogen-bond donors (Lipinski definition) is 0. The van der Waals surface area contributed by atoms with Crippen molar-refractivity contribution in [3.63, 3.8) is 0 Å². The number of carbonyl (C=O) groups excluding carboxylic acids is 1. The molecule has 0 saturated carbocycles. The summed E-state index contributed by atoms with van der Waals surface area (Å²) in [5.74, 6) is 1.60. The minimum absolute atomic E-state index is 0.118. The number of para-hydroxylation sites is 1. The summed E-state index contributed by atoms with van der Waals surface area (Å²) in [7, 11) is 0. The van der Waals surface area contributed by atoms with E-state index < -0.39 is 0 Å². The van der Waals surface area contributed by atoms with Crippen LogP contribution in [-0.2, 0) is 0 Å². The molecule has 4 heteroatoms. The van der Waals surface area contributed by atoms with Crippen LogP contribution < -0.4 is 4.74 Å². The molecule has 2 aliphatic rings. The lowest BCUT2D eigenvalue weighted by molar-refractivity contribution is 0.0607. The van der Waals surface area contributed by atoms with E-state index in [1.807, 2.05) is 59.5 Å². The lowest BCUT2D eigenvalue weighted by Crippen LogP contribution is -2.48. The van der Waals surface area contributed by atoms with Crippen molar-refractivity contribution < 1.29 is 9.53 Å². The molecule has 4 rings (SSSR count). The first-order valence-corrected chi connectivity index (χ1v) is 9.66. The zero-order chi connectivity index (χ0) is 17.8. The van der Waals surface area contributed by atoms with Gasteiger partial charge in [0.2, 0.25) is 0 Å². The maximum absolute atomic E-state index is 13.0. The second-order valence-corrected chi connectivity index (χ2v) is 7.23. The third-order valence-electron chi connectivity index (χ3n) is 5.40. The van der Waals surface area contributed by atoms with E-state index in [0.29, 0.717) is 17.4 Å². The largest absolute Gasteiger partial charge is 0.457 e. The Kier molecular flexibility index (Phi) is 5.21. The van der Waals surface area contributed by atoms with Crippen molar-refractivity contribution in [2.45, 2.75) is 31.7 Å². The first-order chi connectivity index (χ1) is 12.8. The van der Waals surface area contributed by atoms with Gasteiger partial charge >= 0.3 is 0 Å². The van der Waals surface area contributed by atoms with Gasteiger partial charge in [0, 0.05) is 24.7 Å². The Hall–Kier alpha value is -2.33. The summed E-state index contributed by atoms with van der Waals surface area (Å²) in [6.07, 6.45) is 4.89. The monoisotopic (exact) mass is 350 g/mol. The van der Waals surface area contributed by atoms with E-state index in [1.54, 1.807) is 0 Å². The fourth-order valence-electron chi connectivity index (χ4n) is 4.04. The lowest BCUT2D eigenvalue weighted by atomic mass is 10.0. The Morgan fingerprint density at radius 3 is 2.46 bits per heavy atom. The number of hydrogen-bond acceptors (Lipinski definition) is 3.